The molecular weight excluding hydrogens is 559 g/mol. The van der Waals surface area contributed by atoms with Crippen LogP contribution in [0.2, 0.25) is 10.0 Å². The van der Waals surface area contributed by atoms with Crippen LogP contribution in [0.25, 0.3) is 33.5 Å². The summed E-state index contributed by atoms with van der Waals surface area (Å²) >= 11 is 13.7. The van der Waals surface area contributed by atoms with E-state index in [0.717, 1.165) is 5.56 Å². The van der Waals surface area contributed by atoms with E-state index in [1.165, 1.54) is 19.2 Å². The largest absolute Gasteiger partial charge is 0.481 e. The summed E-state index contributed by atoms with van der Waals surface area (Å²) < 4.78 is 35.5. The zero-order chi connectivity index (χ0) is 28.6. The Kier molecular flexibility index (Phi) is 10.4. The SMILES string of the molecule is COc1nc(-c2cccc(-c3cccc(-c4ccc(CNCCO)c(F)c4F)c3Cl)c2Cl)ccc1CNCCO. The molecule has 0 fully saturated rings. The van der Waals surface area contributed by atoms with Gasteiger partial charge in [-0.2, -0.15) is 0 Å². The molecule has 0 saturated heterocycles. The summed E-state index contributed by atoms with van der Waals surface area (Å²) in [6, 6.07) is 17.2. The van der Waals surface area contributed by atoms with Crippen LogP contribution < -0.4 is 15.4 Å². The highest BCUT2D eigenvalue weighted by Gasteiger charge is 2.20. The highest BCUT2D eigenvalue weighted by molar-refractivity contribution is 6.39. The Hall–Kier alpha value is -3.11. The lowest BCUT2D eigenvalue weighted by molar-refractivity contribution is 0.291. The fraction of sp³-hybridized carbons (Fsp3) is 0.233. The third kappa shape index (κ3) is 6.44. The van der Waals surface area contributed by atoms with Gasteiger partial charge in [0.05, 0.1) is 36.1 Å². The van der Waals surface area contributed by atoms with Gasteiger partial charge in [-0.1, -0.05) is 77.8 Å². The number of aliphatic hydroxyl groups excluding tert-OH is 2. The summed E-state index contributed by atoms with van der Waals surface area (Å²) in [5, 5.41) is 24.5. The van der Waals surface area contributed by atoms with Crippen molar-refractivity contribution >= 4 is 23.2 Å². The molecule has 0 aliphatic heterocycles. The molecule has 1 heterocycles. The zero-order valence-electron chi connectivity index (χ0n) is 21.8. The molecule has 6 nitrogen and oxygen atoms in total. The lowest BCUT2D eigenvalue weighted by atomic mass is 9.96. The van der Waals surface area contributed by atoms with Crippen LogP contribution in [0.3, 0.4) is 0 Å². The predicted octanol–water partition coefficient (Wildman–Crippen LogP) is 5.84. The number of hydrogen-bond donors (Lipinski definition) is 4. The number of methoxy groups -OCH3 is 1. The lowest BCUT2D eigenvalue weighted by Gasteiger charge is -2.16. The standard InChI is InChI=1S/C30H29Cl2F2N3O3/c1-40-30-19(17-36-13-15-39)9-11-25(37-30)24-7-3-5-21(27(24)32)20-4-2-6-22(26(20)31)23-10-8-18(16-35-12-14-38)28(33)29(23)34/h2-11,35-36,38-39H,12-17H2,1H3. The molecule has 0 aliphatic rings. The molecule has 0 amide bonds. The molecule has 0 atom stereocenters. The minimum absolute atomic E-state index is 0.0236. The van der Waals surface area contributed by atoms with Gasteiger partial charge in [0.1, 0.15) is 0 Å². The second-order valence-electron chi connectivity index (χ2n) is 8.90. The van der Waals surface area contributed by atoms with E-state index < -0.39 is 11.6 Å². The summed E-state index contributed by atoms with van der Waals surface area (Å²) in [6.45, 7) is 1.19. The molecule has 210 valence electrons. The van der Waals surface area contributed by atoms with E-state index in [2.05, 4.69) is 15.6 Å². The first-order valence-corrected chi connectivity index (χ1v) is 13.4. The van der Waals surface area contributed by atoms with Gasteiger partial charge in [0.15, 0.2) is 11.6 Å². The van der Waals surface area contributed by atoms with Crippen LogP contribution in [0.1, 0.15) is 11.1 Å². The number of ether oxygens (including phenoxy) is 1. The second kappa shape index (κ2) is 14.0. The smallest absolute Gasteiger partial charge is 0.218 e. The number of benzene rings is 3. The quantitative estimate of drug-likeness (QED) is 0.156. The van der Waals surface area contributed by atoms with Crippen molar-refractivity contribution < 1.29 is 23.7 Å². The van der Waals surface area contributed by atoms with Gasteiger partial charge in [-0.25, -0.2) is 13.8 Å². The first-order chi connectivity index (χ1) is 19.4. The average Bonchev–Trinajstić information content (AvgIpc) is 2.96. The number of aromatic nitrogens is 1. The molecule has 0 saturated carbocycles. The van der Waals surface area contributed by atoms with Gasteiger partial charge >= 0.3 is 0 Å². The van der Waals surface area contributed by atoms with Crippen molar-refractivity contribution in [2.45, 2.75) is 13.1 Å². The highest BCUT2D eigenvalue weighted by atomic mass is 35.5. The van der Waals surface area contributed by atoms with Gasteiger partial charge in [0, 0.05) is 65.1 Å². The molecular formula is C30H29Cl2F2N3O3. The molecule has 40 heavy (non-hydrogen) atoms. The molecule has 4 aromatic rings. The summed E-state index contributed by atoms with van der Waals surface area (Å²) in [5.74, 6) is -1.55. The van der Waals surface area contributed by atoms with Gasteiger partial charge < -0.3 is 25.6 Å². The maximum atomic E-state index is 15.2. The van der Waals surface area contributed by atoms with E-state index in [1.54, 1.807) is 24.3 Å². The van der Waals surface area contributed by atoms with E-state index in [9.17, 15) is 4.39 Å². The van der Waals surface area contributed by atoms with Gasteiger partial charge in [0.25, 0.3) is 0 Å². The molecule has 1 aromatic heterocycles. The van der Waals surface area contributed by atoms with Crippen molar-refractivity contribution in [3.8, 4) is 39.4 Å². The van der Waals surface area contributed by atoms with Crippen LogP contribution in [0, 0.1) is 11.6 Å². The summed E-state index contributed by atoms with van der Waals surface area (Å²) in [4.78, 5) is 4.63. The molecule has 0 bridgehead atoms. The summed E-state index contributed by atoms with van der Waals surface area (Å²) in [7, 11) is 1.53. The fourth-order valence-electron chi connectivity index (χ4n) is 4.35. The Morgan fingerprint density at radius 2 is 1.23 bits per heavy atom. The normalized spacial score (nSPS) is 11.2. The van der Waals surface area contributed by atoms with Gasteiger partial charge in [-0.3, -0.25) is 0 Å². The predicted molar refractivity (Wildman–Crippen MR) is 155 cm³/mol. The third-order valence-corrected chi connectivity index (χ3v) is 7.17. The average molecular weight is 588 g/mol. The first-order valence-electron chi connectivity index (χ1n) is 12.6. The molecule has 10 heteroatoms. The minimum Gasteiger partial charge on any atom is -0.481 e. The van der Waals surface area contributed by atoms with E-state index in [1.807, 2.05) is 24.3 Å². The Balaban J connectivity index is 1.71. The number of rotatable bonds is 12. The molecule has 4 rings (SSSR count). The van der Waals surface area contributed by atoms with E-state index in [4.69, 9.17) is 38.2 Å². The number of nitrogens with one attached hydrogen (secondary N) is 2. The maximum Gasteiger partial charge on any atom is 0.218 e. The van der Waals surface area contributed by atoms with E-state index in [-0.39, 0.29) is 42.5 Å². The summed E-state index contributed by atoms with van der Waals surface area (Å²) in [5.41, 5.74) is 3.71. The monoisotopic (exact) mass is 587 g/mol. The Morgan fingerprint density at radius 3 is 1.82 bits per heavy atom. The van der Waals surface area contributed by atoms with Crippen LogP contribution in [0.4, 0.5) is 8.78 Å². The number of pyridine rings is 1. The van der Waals surface area contributed by atoms with Crippen LogP contribution in [-0.2, 0) is 13.1 Å². The number of halogens is 4. The van der Waals surface area contributed by atoms with Crippen molar-refractivity contribution in [2.24, 2.45) is 0 Å². The minimum atomic E-state index is -1.01. The molecule has 0 radical (unpaired) electrons. The van der Waals surface area contributed by atoms with Gasteiger partial charge in [-0.05, 0) is 6.07 Å². The van der Waals surface area contributed by atoms with Crippen molar-refractivity contribution in [1.29, 1.82) is 0 Å². The first kappa shape index (κ1) is 29.9. The Labute approximate surface area is 241 Å². The molecule has 3 aromatic carbocycles. The molecule has 0 spiro atoms. The fourth-order valence-corrected chi connectivity index (χ4v) is 5.01. The van der Waals surface area contributed by atoms with Gasteiger partial charge in [0.2, 0.25) is 5.88 Å². The van der Waals surface area contributed by atoms with Crippen molar-refractivity contribution in [1.82, 2.24) is 15.6 Å². The van der Waals surface area contributed by atoms with Crippen LogP contribution in [0.5, 0.6) is 5.88 Å². The second-order valence-corrected chi connectivity index (χ2v) is 9.66. The lowest BCUT2D eigenvalue weighted by Crippen LogP contribution is -2.18. The summed E-state index contributed by atoms with van der Waals surface area (Å²) in [6.07, 6.45) is 0. The van der Waals surface area contributed by atoms with Crippen LogP contribution >= 0.6 is 23.2 Å². The number of aliphatic hydroxyl groups is 2. The van der Waals surface area contributed by atoms with E-state index >= 15 is 4.39 Å². The number of nitrogens with zero attached hydrogens (tertiary/aromatic N) is 1. The zero-order valence-corrected chi connectivity index (χ0v) is 23.3. The Morgan fingerprint density at radius 1 is 0.700 bits per heavy atom. The molecule has 0 aliphatic carbocycles. The highest BCUT2D eigenvalue weighted by Crippen LogP contribution is 2.43. The van der Waals surface area contributed by atoms with E-state index in [0.29, 0.717) is 51.9 Å². The number of hydrogen-bond acceptors (Lipinski definition) is 6. The van der Waals surface area contributed by atoms with Gasteiger partial charge in [-0.15, -0.1) is 0 Å². The van der Waals surface area contributed by atoms with Crippen LogP contribution in [0.15, 0.2) is 60.7 Å². The maximum absolute atomic E-state index is 15.2. The van der Waals surface area contributed by atoms with Crippen molar-refractivity contribution in [3.05, 3.63) is 93.5 Å². The molecule has 4 N–H and O–H groups in total. The Bertz CT molecular complexity index is 1490. The third-order valence-electron chi connectivity index (χ3n) is 6.36. The van der Waals surface area contributed by atoms with Crippen molar-refractivity contribution in [3.63, 3.8) is 0 Å². The van der Waals surface area contributed by atoms with Crippen molar-refractivity contribution in [2.75, 3.05) is 33.4 Å². The topological polar surface area (TPSA) is 86.6 Å². The van der Waals surface area contributed by atoms with Crippen LogP contribution in [-0.4, -0.2) is 48.6 Å². The molecule has 0 unspecified atom stereocenters.